The summed E-state index contributed by atoms with van der Waals surface area (Å²) in [5.74, 6) is -1.09. The van der Waals surface area contributed by atoms with Crippen LogP contribution in [0.1, 0.15) is 16.1 Å². The molecule has 0 aromatic carbocycles. The van der Waals surface area contributed by atoms with Crippen LogP contribution in [0.5, 0.6) is 0 Å². The van der Waals surface area contributed by atoms with Crippen LogP contribution in [0.4, 0.5) is 6.01 Å². The van der Waals surface area contributed by atoms with Crippen molar-refractivity contribution in [1.29, 1.82) is 0 Å². The van der Waals surface area contributed by atoms with E-state index in [2.05, 4.69) is 20.9 Å². The largest absolute Gasteiger partial charge is 0.476 e. The fourth-order valence-corrected chi connectivity index (χ4v) is 2.51. The van der Waals surface area contributed by atoms with E-state index in [4.69, 9.17) is 9.52 Å². The lowest BCUT2D eigenvalue weighted by atomic mass is 10.3. The first-order valence-electron chi connectivity index (χ1n) is 4.69. The fourth-order valence-electron chi connectivity index (χ4n) is 1.31. The molecule has 90 valence electrons. The Morgan fingerprint density at radius 2 is 2.47 bits per heavy atom. The number of hydrogen-bond donors (Lipinski definition) is 1. The summed E-state index contributed by atoms with van der Waals surface area (Å²) in [6.45, 7) is 0.613. The van der Waals surface area contributed by atoms with Crippen LogP contribution >= 0.6 is 27.3 Å². The number of aromatic nitrogens is 1. The highest BCUT2D eigenvalue weighted by Gasteiger charge is 2.14. The molecule has 7 heteroatoms. The second-order valence-corrected chi connectivity index (χ2v) is 5.73. The Balaban J connectivity index is 2.08. The lowest BCUT2D eigenvalue weighted by Gasteiger charge is -2.12. The van der Waals surface area contributed by atoms with Crippen LogP contribution in [0.3, 0.4) is 0 Å². The van der Waals surface area contributed by atoms with E-state index in [-0.39, 0.29) is 5.69 Å². The average molecular weight is 317 g/mol. The van der Waals surface area contributed by atoms with Gasteiger partial charge in [-0.15, -0.1) is 11.3 Å². The molecular weight excluding hydrogens is 308 g/mol. The highest BCUT2D eigenvalue weighted by Crippen LogP contribution is 2.23. The van der Waals surface area contributed by atoms with Crippen molar-refractivity contribution in [3.05, 3.63) is 32.8 Å². The molecule has 2 heterocycles. The van der Waals surface area contributed by atoms with Crippen molar-refractivity contribution in [2.24, 2.45) is 0 Å². The summed E-state index contributed by atoms with van der Waals surface area (Å²) in [5, 5.41) is 10.7. The number of carbonyl (C=O) groups is 1. The molecule has 5 nitrogen and oxygen atoms in total. The molecule has 0 aliphatic rings. The SMILES string of the molecule is CN(Cc1csc(Br)c1)c1nc(C(=O)O)co1. The summed E-state index contributed by atoms with van der Waals surface area (Å²) in [4.78, 5) is 16.3. The summed E-state index contributed by atoms with van der Waals surface area (Å²) >= 11 is 4.98. The highest BCUT2D eigenvalue weighted by molar-refractivity contribution is 9.11. The first-order valence-corrected chi connectivity index (χ1v) is 6.36. The number of halogens is 1. The number of nitrogens with zero attached hydrogens (tertiary/aromatic N) is 2. The van der Waals surface area contributed by atoms with Gasteiger partial charge in [0.15, 0.2) is 5.69 Å². The van der Waals surface area contributed by atoms with Crippen molar-refractivity contribution in [3.63, 3.8) is 0 Å². The van der Waals surface area contributed by atoms with Crippen molar-refractivity contribution in [2.45, 2.75) is 6.54 Å². The van der Waals surface area contributed by atoms with Gasteiger partial charge in [0, 0.05) is 13.6 Å². The van der Waals surface area contributed by atoms with Gasteiger partial charge in [-0.25, -0.2) is 4.79 Å². The lowest BCUT2D eigenvalue weighted by Crippen LogP contribution is -2.16. The van der Waals surface area contributed by atoms with Crippen LogP contribution in [0, 0.1) is 0 Å². The Bertz CT molecular complexity index is 537. The molecule has 0 spiro atoms. The minimum absolute atomic E-state index is 0.0849. The van der Waals surface area contributed by atoms with Crippen LogP contribution in [-0.2, 0) is 6.54 Å². The van der Waals surface area contributed by atoms with E-state index in [0.717, 1.165) is 15.6 Å². The zero-order valence-electron chi connectivity index (χ0n) is 8.88. The third kappa shape index (κ3) is 2.86. The fraction of sp³-hybridized carbons (Fsp3) is 0.200. The zero-order chi connectivity index (χ0) is 12.4. The molecule has 17 heavy (non-hydrogen) atoms. The highest BCUT2D eigenvalue weighted by atomic mass is 79.9. The number of hydrogen-bond acceptors (Lipinski definition) is 5. The summed E-state index contributed by atoms with van der Waals surface area (Å²) in [7, 11) is 1.79. The third-order valence-corrected chi connectivity index (χ3v) is 3.63. The molecule has 2 rings (SSSR count). The lowest BCUT2D eigenvalue weighted by molar-refractivity contribution is 0.0690. The van der Waals surface area contributed by atoms with Crippen LogP contribution in [-0.4, -0.2) is 23.1 Å². The minimum Gasteiger partial charge on any atom is -0.476 e. The number of carboxylic acids is 1. The molecule has 0 fully saturated rings. The molecule has 0 amide bonds. The molecule has 0 saturated heterocycles. The normalized spacial score (nSPS) is 10.5. The smallest absolute Gasteiger partial charge is 0.357 e. The van der Waals surface area contributed by atoms with E-state index >= 15 is 0 Å². The second-order valence-electron chi connectivity index (χ2n) is 3.44. The molecule has 0 saturated carbocycles. The number of carboxylic acid groups (broad SMARTS) is 1. The van der Waals surface area contributed by atoms with Crippen molar-refractivity contribution >= 4 is 39.3 Å². The Labute approximate surface area is 110 Å². The van der Waals surface area contributed by atoms with Gasteiger partial charge in [0.2, 0.25) is 0 Å². The molecule has 1 N–H and O–H groups in total. The standard InChI is InChI=1S/C10H9BrN2O3S/c1-13(3-6-2-8(11)17-5-6)10-12-7(4-16-10)9(14)15/h2,4-5H,3H2,1H3,(H,14,15). The van der Waals surface area contributed by atoms with Gasteiger partial charge < -0.3 is 14.4 Å². The topological polar surface area (TPSA) is 66.6 Å². The maximum Gasteiger partial charge on any atom is 0.357 e. The first-order chi connectivity index (χ1) is 8.06. The maximum atomic E-state index is 10.7. The minimum atomic E-state index is -1.09. The molecule has 0 radical (unpaired) electrons. The van der Waals surface area contributed by atoms with Gasteiger partial charge in [0.1, 0.15) is 6.26 Å². The van der Waals surface area contributed by atoms with Gasteiger partial charge in [-0.3, -0.25) is 0 Å². The number of anilines is 1. The molecule has 0 bridgehead atoms. The first kappa shape index (κ1) is 12.1. The van der Waals surface area contributed by atoms with Gasteiger partial charge in [-0.2, -0.15) is 4.98 Å². The molecule has 0 aliphatic carbocycles. The van der Waals surface area contributed by atoms with Crippen LogP contribution in [0.15, 0.2) is 25.9 Å². The van der Waals surface area contributed by atoms with Crippen LogP contribution in [0.2, 0.25) is 0 Å². The molecule has 0 unspecified atom stereocenters. The van der Waals surface area contributed by atoms with Crippen LogP contribution < -0.4 is 4.90 Å². The van der Waals surface area contributed by atoms with Gasteiger partial charge in [-0.05, 0) is 32.9 Å². The van der Waals surface area contributed by atoms with E-state index in [1.54, 1.807) is 23.3 Å². The number of oxazole rings is 1. The second kappa shape index (κ2) is 4.89. The van der Waals surface area contributed by atoms with E-state index in [9.17, 15) is 4.79 Å². The van der Waals surface area contributed by atoms with Crippen molar-refractivity contribution in [2.75, 3.05) is 11.9 Å². The predicted molar refractivity (Wildman–Crippen MR) is 67.6 cm³/mol. The van der Waals surface area contributed by atoms with Crippen molar-refractivity contribution < 1.29 is 14.3 Å². The summed E-state index contributed by atoms with van der Waals surface area (Å²) < 4.78 is 6.15. The van der Waals surface area contributed by atoms with E-state index in [1.165, 1.54) is 0 Å². The number of aromatic carboxylic acids is 1. The molecule has 0 atom stereocenters. The molecule has 0 aliphatic heterocycles. The Morgan fingerprint density at radius 1 is 1.71 bits per heavy atom. The maximum absolute atomic E-state index is 10.7. The van der Waals surface area contributed by atoms with Crippen molar-refractivity contribution in [3.8, 4) is 0 Å². The van der Waals surface area contributed by atoms with Gasteiger partial charge >= 0.3 is 5.97 Å². The predicted octanol–water partition coefficient (Wildman–Crippen LogP) is 2.83. The summed E-state index contributed by atoms with van der Waals surface area (Å²) in [6.07, 6.45) is 1.14. The molecular formula is C10H9BrN2O3S. The van der Waals surface area contributed by atoms with Crippen molar-refractivity contribution in [1.82, 2.24) is 4.98 Å². The average Bonchev–Trinajstić information content (AvgIpc) is 2.86. The summed E-state index contributed by atoms with van der Waals surface area (Å²) in [6, 6.07) is 2.30. The third-order valence-electron chi connectivity index (χ3n) is 2.08. The van der Waals surface area contributed by atoms with E-state index in [0.29, 0.717) is 12.6 Å². The number of thiophene rings is 1. The van der Waals surface area contributed by atoms with Gasteiger partial charge in [-0.1, -0.05) is 0 Å². The monoisotopic (exact) mass is 316 g/mol. The quantitative estimate of drug-likeness (QED) is 0.939. The van der Waals surface area contributed by atoms with Crippen LogP contribution in [0.25, 0.3) is 0 Å². The van der Waals surface area contributed by atoms with Gasteiger partial charge in [0.05, 0.1) is 3.79 Å². The molecule has 2 aromatic rings. The Hall–Kier alpha value is -1.34. The zero-order valence-corrected chi connectivity index (χ0v) is 11.3. The number of rotatable bonds is 4. The molecule has 2 aromatic heterocycles. The Kier molecular flexibility index (Phi) is 3.49. The van der Waals surface area contributed by atoms with Gasteiger partial charge in [0.25, 0.3) is 6.01 Å². The Morgan fingerprint density at radius 3 is 3.00 bits per heavy atom. The van der Waals surface area contributed by atoms with E-state index < -0.39 is 5.97 Å². The summed E-state index contributed by atoms with van der Waals surface area (Å²) in [5.41, 5.74) is 1.03. The van der Waals surface area contributed by atoms with E-state index in [1.807, 2.05) is 11.4 Å².